The van der Waals surface area contributed by atoms with Crippen LogP contribution in [0.2, 0.25) is 0 Å². The van der Waals surface area contributed by atoms with Crippen LogP contribution in [0.1, 0.15) is 16.3 Å². The average molecular weight is 445 g/mol. The summed E-state index contributed by atoms with van der Waals surface area (Å²) in [6.45, 7) is 2.06. The number of aromatic nitrogens is 5. The number of aliphatic hydroxyl groups excluding tert-OH is 1. The lowest BCUT2D eigenvalue weighted by atomic mass is 10.3. The van der Waals surface area contributed by atoms with Gasteiger partial charge in [-0.25, -0.2) is 14.2 Å². The molecule has 3 aromatic heterocycles. The summed E-state index contributed by atoms with van der Waals surface area (Å²) in [7, 11) is 1.52. The van der Waals surface area contributed by atoms with E-state index in [4.69, 9.17) is 9.84 Å². The van der Waals surface area contributed by atoms with E-state index >= 15 is 0 Å². The summed E-state index contributed by atoms with van der Waals surface area (Å²) in [5.74, 6) is -0.0767. The summed E-state index contributed by atoms with van der Waals surface area (Å²) in [4.78, 5) is 35.7. The summed E-state index contributed by atoms with van der Waals surface area (Å²) in [5, 5.41) is 9.87. The van der Waals surface area contributed by atoms with Gasteiger partial charge in [0.25, 0.3) is 5.56 Å². The number of thiazole rings is 1. The van der Waals surface area contributed by atoms with Crippen LogP contribution in [0.5, 0.6) is 11.8 Å². The summed E-state index contributed by atoms with van der Waals surface area (Å²) in [6.07, 6.45) is 1.99. The van der Waals surface area contributed by atoms with Gasteiger partial charge in [-0.15, -0.1) is 11.3 Å². The van der Waals surface area contributed by atoms with E-state index in [1.807, 2.05) is 6.92 Å². The summed E-state index contributed by atoms with van der Waals surface area (Å²) in [5.41, 5.74) is -0.707. The molecule has 1 aromatic carbocycles. The fraction of sp³-hybridized carbons (Fsp3) is 0.300. The third-order valence-electron chi connectivity index (χ3n) is 4.72. The molecular weight excluding hydrogens is 425 g/mol. The van der Waals surface area contributed by atoms with Crippen molar-refractivity contribution in [3.63, 3.8) is 0 Å². The highest BCUT2D eigenvalue weighted by molar-refractivity contribution is 7.11. The highest BCUT2D eigenvalue weighted by Crippen LogP contribution is 2.26. The van der Waals surface area contributed by atoms with Gasteiger partial charge < -0.3 is 9.84 Å². The number of fused-ring (bicyclic) bond motifs is 1. The molecule has 0 aliphatic heterocycles. The molecule has 11 heteroatoms. The van der Waals surface area contributed by atoms with E-state index in [0.717, 1.165) is 14.5 Å². The molecule has 0 saturated heterocycles. The van der Waals surface area contributed by atoms with Gasteiger partial charge in [0.05, 0.1) is 6.54 Å². The normalized spacial score (nSPS) is 11.4. The molecule has 0 aliphatic carbocycles. The van der Waals surface area contributed by atoms with Crippen LogP contribution in [0, 0.1) is 12.7 Å². The molecule has 0 radical (unpaired) electrons. The van der Waals surface area contributed by atoms with Crippen LogP contribution >= 0.6 is 11.3 Å². The van der Waals surface area contributed by atoms with E-state index < -0.39 is 17.1 Å². The Bertz CT molecular complexity index is 1350. The van der Waals surface area contributed by atoms with E-state index in [1.165, 1.54) is 47.2 Å². The largest absolute Gasteiger partial charge is 0.425 e. The fourth-order valence-electron chi connectivity index (χ4n) is 3.22. The zero-order valence-electron chi connectivity index (χ0n) is 16.9. The van der Waals surface area contributed by atoms with Crippen LogP contribution < -0.4 is 16.0 Å². The molecule has 9 nitrogen and oxygen atoms in total. The predicted octanol–water partition coefficient (Wildman–Crippen LogP) is 2.02. The molecule has 0 unspecified atom stereocenters. The molecule has 0 bridgehead atoms. The number of benzene rings is 1. The van der Waals surface area contributed by atoms with Crippen molar-refractivity contribution in [3.05, 3.63) is 67.0 Å². The van der Waals surface area contributed by atoms with E-state index in [-0.39, 0.29) is 43.3 Å². The molecule has 3 heterocycles. The number of aryl methyl sites for hydroxylation is 2. The molecule has 0 amide bonds. The Labute approximate surface area is 179 Å². The van der Waals surface area contributed by atoms with Gasteiger partial charge >= 0.3 is 11.7 Å². The molecule has 162 valence electrons. The van der Waals surface area contributed by atoms with Crippen molar-refractivity contribution in [1.82, 2.24) is 23.7 Å². The van der Waals surface area contributed by atoms with Crippen molar-refractivity contribution in [1.29, 1.82) is 0 Å². The first kappa shape index (κ1) is 20.9. The van der Waals surface area contributed by atoms with Gasteiger partial charge in [0.15, 0.2) is 11.2 Å². The van der Waals surface area contributed by atoms with E-state index in [9.17, 15) is 14.0 Å². The Morgan fingerprint density at radius 1 is 1.19 bits per heavy atom. The molecule has 0 spiro atoms. The lowest BCUT2D eigenvalue weighted by Gasteiger charge is -2.10. The third kappa shape index (κ3) is 4.01. The molecule has 0 atom stereocenters. The van der Waals surface area contributed by atoms with Crippen molar-refractivity contribution in [2.45, 2.75) is 26.4 Å². The smallest absolute Gasteiger partial charge is 0.332 e. The summed E-state index contributed by atoms with van der Waals surface area (Å²) in [6, 6.07) is 5.49. The van der Waals surface area contributed by atoms with Gasteiger partial charge in [-0.1, -0.05) is 0 Å². The second-order valence-electron chi connectivity index (χ2n) is 6.95. The van der Waals surface area contributed by atoms with Gasteiger partial charge in [-0.2, -0.15) is 4.98 Å². The number of hydrogen-bond acceptors (Lipinski definition) is 7. The maximum absolute atomic E-state index is 13.3. The Kier molecular flexibility index (Phi) is 5.70. The topological polar surface area (TPSA) is 104 Å². The quantitative estimate of drug-likeness (QED) is 0.467. The van der Waals surface area contributed by atoms with Crippen LogP contribution in [0.25, 0.3) is 11.2 Å². The average Bonchev–Trinajstić information content (AvgIpc) is 3.32. The van der Waals surface area contributed by atoms with Gasteiger partial charge in [0, 0.05) is 31.3 Å². The van der Waals surface area contributed by atoms with Crippen LogP contribution in [-0.4, -0.2) is 35.4 Å². The van der Waals surface area contributed by atoms with Crippen molar-refractivity contribution in [3.8, 4) is 11.8 Å². The molecule has 0 aliphatic rings. The predicted molar refractivity (Wildman–Crippen MR) is 113 cm³/mol. The van der Waals surface area contributed by atoms with Crippen molar-refractivity contribution >= 4 is 22.5 Å². The maximum Gasteiger partial charge on any atom is 0.332 e. The molecule has 0 saturated carbocycles. The fourth-order valence-corrected chi connectivity index (χ4v) is 4.00. The Morgan fingerprint density at radius 3 is 2.58 bits per heavy atom. The van der Waals surface area contributed by atoms with Crippen LogP contribution in [0.3, 0.4) is 0 Å². The SMILES string of the molecule is Cc1cnc(Cn2c(Oc3ccc(F)cc3)nc3c2c(=O)n(CCCO)c(=O)n3C)s1. The summed E-state index contributed by atoms with van der Waals surface area (Å²) >= 11 is 1.47. The minimum Gasteiger partial charge on any atom is -0.425 e. The van der Waals surface area contributed by atoms with Gasteiger partial charge in [-0.3, -0.25) is 18.5 Å². The van der Waals surface area contributed by atoms with Crippen LogP contribution in [0.15, 0.2) is 40.1 Å². The third-order valence-corrected chi connectivity index (χ3v) is 5.62. The van der Waals surface area contributed by atoms with Gasteiger partial charge in [0.1, 0.15) is 16.6 Å². The van der Waals surface area contributed by atoms with E-state index in [1.54, 1.807) is 10.8 Å². The van der Waals surface area contributed by atoms with E-state index in [0.29, 0.717) is 5.75 Å². The molecule has 4 rings (SSSR count). The molecule has 1 N–H and O–H groups in total. The van der Waals surface area contributed by atoms with Gasteiger partial charge in [-0.05, 0) is 37.6 Å². The highest BCUT2D eigenvalue weighted by Gasteiger charge is 2.22. The maximum atomic E-state index is 13.3. The Hall–Kier alpha value is -3.31. The monoisotopic (exact) mass is 445 g/mol. The number of ether oxygens (including phenoxy) is 1. The molecule has 0 fully saturated rings. The molecular formula is C20H20FN5O4S. The first-order valence-electron chi connectivity index (χ1n) is 9.54. The number of halogens is 1. The minimum atomic E-state index is -0.533. The van der Waals surface area contributed by atoms with Crippen LogP contribution in [0.4, 0.5) is 4.39 Å². The number of rotatable bonds is 7. The lowest BCUT2D eigenvalue weighted by Crippen LogP contribution is -2.39. The number of imidazole rings is 1. The minimum absolute atomic E-state index is 0.0770. The van der Waals surface area contributed by atoms with Crippen molar-refractivity contribution in [2.24, 2.45) is 7.05 Å². The summed E-state index contributed by atoms with van der Waals surface area (Å²) < 4.78 is 23.0. The van der Waals surface area contributed by atoms with Gasteiger partial charge in [0.2, 0.25) is 0 Å². The number of aliphatic hydroxyl groups is 1. The second kappa shape index (κ2) is 8.44. The number of nitrogens with zero attached hydrogens (tertiary/aromatic N) is 5. The Balaban J connectivity index is 1.92. The van der Waals surface area contributed by atoms with Crippen molar-refractivity contribution < 1.29 is 14.2 Å². The first-order chi connectivity index (χ1) is 14.9. The second-order valence-corrected chi connectivity index (χ2v) is 8.27. The van der Waals surface area contributed by atoms with Crippen LogP contribution in [-0.2, 0) is 20.1 Å². The molecule has 4 aromatic rings. The zero-order valence-corrected chi connectivity index (χ0v) is 17.7. The first-order valence-corrected chi connectivity index (χ1v) is 10.4. The lowest BCUT2D eigenvalue weighted by molar-refractivity contribution is 0.277. The number of hydrogen-bond donors (Lipinski definition) is 1. The van der Waals surface area contributed by atoms with E-state index in [2.05, 4.69) is 9.97 Å². The zero-order chi connectivity index (χ0) is 22.1. The van der Waals surface area contributed by atoms with Crippen molar-refractivity contribution in [2.75, 3.05) is 6.61 Å². The molecule has 31 heavy (non-hydrogen) atoms. The Morgan fingerprint density at radius 2 is 1.94 bits per heavy atom. The standard InChI is InChI=1S/C20H20FN5O4S/c1-12-10-22-15(31-12)11-26-16-17(23-19(26)30-14-6-4-13(21)5-7-14)24(2)20(29)25(18(16)28)8-3-9-27/h4-7,10,27H,3,8-9,11H2,1-2H3. The highest BCUT2D eigenvalue weighted by atomic mass is 32.1.